The fourth-order valence-corrected chi connectivity index (χ4v) is 3.00. The molecule has 1 aromatic rings. The molecule has 1 atom stereocenters. The summed E-state index contributed by atoms with van der Waals surface area (Å²) >= 11 is 0. The molecule has 17 heavy (non-hydrogen) atoms. The highest BCUT2D eigenvalue weighted by Crippen LogP contribution is 2.25. The molecule has 0 unspecified atom stereocenters. The number of hydrogen-bond acceptors (Lipinski definition) is 2. The standard InChI is InChI=1S/C13H19N3O/c17-13(10-3-1-2-4-10)15-11-6-8-16-12(9-11)5-7-14-16/h5,7,10-11H,1-4,6,8-9H2,(H,15,17)/t11-/m1/s1. The highest BCUT2D eigenvalue weighted by atomic mass is 16.1. The number of hydrogen-bond donors (Lipinski definition) is 1. The second-order valence-corrected chi connectivity index (χ2v) is 5.23. The van der Waals surface area contributed by atoms with Crippen LogP contribution in [0.15, 0.2) is 12.3 Å². The Labute approximate surface area is 101 Å². The molecule has 92 valence electrons. The zero-order valence-electron chi connectivity index (χ0n) is 10.1. The Balaban J connectivity index is 1.58. The first-order chi connectivity index (χ1) is 8.33. The number of nitrogens with zero attached hydrogens (tertiary/aromatic N) is 2. The normalized spacial score (nSPS) is 24.6. The molecule has 1 aliphatic carbocycles. The van der Waals surface area contributed by atoms with Crippen molar-refractivity contribution in [3.63, 3.8) is 0 Å². The molecular weight excluding hydrogens is 214 g/mol. The molecule has 1 fully saturated rings. The zero-order chi connectivity index (χ0) is 11.7. The summed E-state index contributed by atoms with van der Waals surface area (Å²) in [6.07, 6.45) is 8.38. The molecule has 0 radical (unpaired) electrons. The molecule has 1 N–H and O–H groups in total. The Morgan fingerprint density at radius 3 is 3.00 bits per heavy atom. The van der Waals surface area contributed by atoms with Gasteiger partial charge in [-0.15, -0.1) is 0 Å². The van der Waals surface area contributed by atoms with Crippen LogP contribution in [0.5, 0.6) is 0 Å². The topological polar surface area (TPSA) is 46.9 Å². The van der Waals surface area contributed by atoms with Crippen LogP contribution >= 0.6 is 0 Å². The molecule has 1 aliphatic heterocycles. The third-order valence-electron chi connectivity index (χ3n) is 4.02. The second-order valence-electron chi connectivity index (χ2n) is 5.23. The predicted molar refractivity (Wildman–Crippen MR) is 64.4 cm³/mol. The van der Waals surface area contributed by atoms with Crippen molar-refractivity contribution in [1.29, 1.82) is 0 Å². The van der Waals surface area contributed by atoms with Gasteiger partial charge >= 0.3 is 0 Å². The zero-order valence-corrected chi connectivity index (χ0v) is 10.1. The summed E-state index contributed by atoms with van der Waals surface area (Å²) in [5.41, 5.74) is 1.24. The first-order valence-corrected chi connectivity index (χ1v) is 6.64. The summed E-state index contributed by atoms with van der Waals surface area (Å²) in [7, 11) is 0. The molecule has 2 heterocycles. The third kappa shape index (κ3) is 2.21. The summed E-state index contributed by atoms with van der Waals surface area (Å²) in [6, 6.07) is 2.36. The number of aromatic nitrogens is 2. The minimum atomic E-state index is 0.278. The molecule has 0 bridgehead atoms. The molecule has 1 saturated carbocycles. The number of nitrogens with one attached hydrogen (secondary N) is 1. The lowest BCUT2D eigenvalue weighted by atomic mass is 10.0. The average molecular weight is 233 g/mol. The van der Waals surface area contributed by atoms with Crippen LogP contribution in [-0.4, -0.2) is 21.7 Å². The van der Waals surface area contributed by atoms with Crippen LogP contribution in [-0.2, 0) is 17.8 Å². The van der Waals surface area contributed by atoms with Crippen molar-refractivity contribution in [2.24, 2.45) is 5.92 Å². The molecule has 4 nitrogen and oxygen atoms in total. The van der Waals surface area contributed by atoms with Gasteiger partial charge in [0.15, 0.2) is 0 Å². The van der Waals surface area contributed by atoms with Gasteiger partial charge in [-0.1, -0.05) is 12.8 Å². The van der Waals surface area contributed by atoms with Crippen molar-refractivity contribution >= 4 is 5.91 Å². The number of rotatable bonds is 2. The molecular formula is C13H19N3O. The van der Waals surface area contributed by atoms with Crippen molar-refractivity contribution in [2.45, 2.75) is 51.1 Å². The summed E-state index contributed by atoms with van der Waals surface area (Å²) in [4.78, 5) is 12.0. The molecule has 1 amide bonds. The maximum absolute atomic E-state index is 12.0. The Morgan fingerprint density at radius 2 is 2.18 bits per heavy atom. The first kappa shape index (κ1) is 10.8. The van der Waals surface area contributed by atoms with Gasteiger partial charge in [0.1, 0.15) is 0 Å². The van der Waals surface area contributed by atoms with Gasteiger partial charge in [-0.05, 0) is 25.3 Å². The quantitative estimate of drug-likeness (QED) is 0.841. The number of fused-ring (bicyclic) bond motifs is 1. The van der Waals surface area contributed by atoms with Crippen LogP contribution in [0, 0.1) is 5.92 Å². The van der Waals surface area contributed by atoms with E-state index in [1.54, 1.807) is 0 Å². The minimum Gasteiger partial charge on any atom is -0.353 e. The summed E-state index contributed by atoms with van der Waals surface area (Å²) in [5, 5.41) is 7.46. The summed E-state index contributed by atoms with van der Waals surface area (Å²) in [5.74, 6) is 0.558. The largest absolute Gasteiger partial charge is 0.353 e. The predicted octanol–water partition coefficient (Wildman–Crippen LogP) is 1.50. The Kier molecular flexibility index (Phi) is 2.87. The van der Waals surface area contributed by atoms with E-state index in [4.69, 9.17) is 0 Å². The van der Waals surface area contributed by atoms with Gasteiger partial charge in [0.2, 0.25) is 5.91 Å². The van der Waals surface area contributed by atoms with E-state index in [1.807, 2.05) is 16.9 Å². The van der Waals surface area contributed by atoms with E-state index in [2.05, 4.69) is 10.4 Å². The van der Waals surface area contributed by atoms with Gasteiger partial charge in [0, 0.05) is 36.8 Å². The monoisotopic (exact) mass is 233 g/mol. The first-order valence-electron chi connectivity index (χ1n) is 6.64. The average Bonchev–Trinajstić information content (AvgIpc) is 2.99. The van der Waals surface area contributed by atoms with E-state index in [0.717, 1.165) is 32.2 Å². The summed E-state index contributed by atoms with van der Waals surface area (Å²) in [6.45, 7) is 0.929. The van der Waals surface area contributed by atoms with Crippen LogP contribution < -0.4 is 5.32 Å². The molecule has 0 aromatic carbocycles. The lowest BCUT2D eigenvalue weighted by Crippen LogP contribution is -2.42. The molecule has 0 saturated heterocycles. The fraction of sp³-hybridized carbons (Fsp3) is 0.692. The number of amides is 1. The number of carbonyl (C=O) groups excluding carboxylic acids is 1. The number of aryl methyl sites for hydroxylation is 1. The van der Waals surface area contributed by atoms with Crippen molar-refractivity contribution < 1.29 is 4.79 Å². The minimum absolute atomic E-state index is 0.278. The van der Waals surface area contributed by atoms with Gasteiger partial charge < -0.3 is 5.32 Å². The maximum atomic E-state index is 12.0. The Hall–Kier alpha value is -1.32. The molecule has 2 aliphatic rings. The van der Waals surface area contributed by atoms with Crippen molar-refractivity contribution in [3.05, 3.63) is 18.0 Å². The molecule has 4 heteroatoms. The van der Waals surface area contributed by atoms with Gasteiger partial charge in [0.25, 0.3) is 0 Å². The van der Waals surface area contributed by atoms with E-state index in [-0.39, 0.29) is 11.8 Å². The van der Waals surface area contributed by atoms with Crippen LogP contribution in [0.3, 0.4) is 0 Å². The van der Waals surface area contributed by atoms with Crippen LogP contribution in [0.1, 0.15) is 37.8 Å². The molecule has 1 aromatic heterocycles. The van der Waals surface area contributed by atoms with Gasteiger partial charge in [-0.2, -0.15) is 5.10 Å². The van der Waals surface area contributed by atoms with Gasteiger partial charge in [0.05, 0.1) is 0 Å². The van der Waals surface area contributed by atoms with Gasteiger partial charge in [-0.25, -0.2) is 0 Å². The lowest BCUT2D eigenvalue weighted by molar-refractivity contribution is -0.125. The Morgan fingerprint density at radius 1 is 1.35 bits per heavy atom. The van der Waals surface area contributed by atoms with Crippen LogP contribution in [0.4, 0.5) is 0 Å². The van der Waals surface area contributed by atoms with Crippen molar-refractivity contribution in [3.8, 4) is 0 Å². The molecule has 3 rings (SSSR count). The van der Waals surface area contributed by atoms with E-state index in [1.165, 1.54) is 18.5 Å². The lowest BCUT2D eigenvalue weighted by Gasteiger charge is -2.25. The third-order valence-corrected chi connectivity index (χ3v) is 4.02. The van der Waals surface area contributed by atoms with E-state index in [9.17, 15) is 4.79 Å². The summed E-state index contributed by atoms with van der Waals surface area (Å²) < 4.78 is 2.04. The van der Waals surface area contributed by atoms with Gasteiger partial charge in [-0.3, -0.25) is 9.48 Å². The van der Waals surface area contributed by atoms with Crippen LogP contribution in [0.2, 0.25) is 0 Å². The fourth-order valence-electron chi connectivity index (χ4n) is 3.00. The SMILES string of the molecule is O=C(N[C@@H]1CCn2nccc2C1)C1CCCC1. The van der Waals surface area contributed by atoms with Crippen molar-refractivity contribution in [1.82, 2.24) is 15.1 Å². The van der Waals surface area contributed by atoms with E-state index in [0.29, 0.717) is 6.04 Å². The van der Waals surface area contributed by atoms with E-state index < -0.39 is 0 Å². The Bertz CT molecular complexity index is 407. The maximum Gasteiger partial charge on any atom is 0.223 e. The second kappa shape index (κ2) is 4.51. The number of carbonyl (C=O) groups is 1. The highest BCUT2D eigenvalue weighted by Gasteiger charge is 2.26. The van der Waals surface area contributed by atoms with E-state index >= 15 is 0 Å². The van der Waals surface area contributed by atoms with Crippen LogP contribution in [0.25, 0.3) is 0 Å². The van der Waals surface area contributed by atoms with Crippen molar-refractivity contribution in [2.75, 3.05) is 0 Å². The highest BCUT2D eigenvalue weighted by molar-refractivity contribution is 5.79. The molecule has 0 spiro atoms. The smallest absolute Gasteiger partial charge is 0.223 e.